The first-order valence-electron chi connectivity index (χ1n) is 3.52. The van der Waals surface area contributed by atoms with E-state index in [4.69, 9.17) is 11.5 Å². The van der Waals surface area contributed by atoms with E-state index in [0.29, 0.717) is 0 Å². The maximum atomic E-state index is 13.1. The van der Waals surface area contributed by atoms with E-state index in [1.165, 1.54) is 0 Å². The Morgan fingerprint density at radius 2 is 1.86 bits per heavy atom. The molecular formula is C8H6F2N2OS. The molecule has 14 heavy (non-hydrogen) atoms. The second-order valence-electron chi connectivity index (χ2n) is 2.51. The van der Waals surface area contributed by atoms with E-state index in [1.54, 1.807) is 0 Å². The van der Waals surface area contributed by atoms with E-state index in [2.05, 4.69) is 12.2 Å². The van der Waals surface area contributed by atoms with Gasteiger partial charge in [-0.2, -0.15) is 0 Å². The summed E-state index contributed by atoms with van der Waals surface area (Å²) in [6, 6.07) is 1.83. The van der Waals surface area contributed by atoms with Crippen LogP contribution in [-0.2, 0) is 0 Å². The van der Waals surface area contributed by atoms with Crippen molar-refractivity contribution in [2.45, 2.75) is 0 Å². The van der Waals surface area contributed by atoms with Gasteiger partial charge in [-0.25, -0.2) is 8.78 Å². The normalized spacial score (nSPS) is 9.86. The van der Waals surface area contributed by atoms with E-state index in [9.17, 15) is 13.6 Å². The molecule has 0 saturated carbocycles. The molecule has 0 heterocycles. The Morgan fingerprint density at radius 1 is 1.29 bits per heavy atom. The fraction of sp³-hybridized carbons (Fsp3) is 0. The number of carbonyl (C=O) groups is 1. The third-order valence-corrected chi connectivity index (χ3v) is 1.81. The minimum Gasteiger partial charge on any atom is -0.389 e. The molecule has 0 aromatic heterocycles. The van der Waals surface area contributed by atoms with Crippen molar-refractivity contribution >= 4 is 23.1 Å². The van der Waals surface area contributed by atoms with Crippen molar-refractivity contribution in [3.63, 3.8) is 0 Å². The lowest BCUT2D eigenvalue weighted by Gasteiger charge is -2.06. The van der Waals surface area contributed by atoms with Crippen molar-refractivity contribution in [2.75, 3.05) is 0 Å². The summed E-state index contributed by atoms with van der Waals surface area (Å²) in [4.78, 5) is 10.4. The van der Waals surface area contributed by atoms with Crippen LogP contribution in [0.5, 0.6) is 0 Å². The topological polar surface area (TPSA) is 69.1 Å². The van der Waals surface area contributed by atoms with Gasteiger partial charge in [-0.3, -0.25) is 4.79 Å². The summed E-state index contributed by atoms with van der Waals surface area (Å²) in [6.07, 6.45) is 0. The maximum absolute atomic E-state index is 13.1. The van der Waals surface area contributed by atoms with Gasteiger partial charge >= 0.3 is 0 Å². The average Bonchev–Trinajstić information content (AvgIpc) is 2.08. The molecule has 1 rings (SSSR count). The first-order valence-corrected chi connectivity index (χ1v) is 3.93. The SMILES string of the molecule is NC(=O)c1ccc(F)c(F)c1C(N)=S. The second kappa shape index (κ2) is 3.67. The number of amides is 1. The van der Waals surface area contributed by atoms with Crippen molar-refractivity contribution in [1.82, 2.24) is 0 Å². The molecule has 0 aliphatic carbocycles. The Morgan fingerprint density at radius 3 is 2.29 bits per heavy atom. The predicted molar refractivity (Wildman–Crippen MR) is 50.8 cm³/mol. The van der Waals surface area contributed by atoms with Gasteiger partial charge in [0.2, 0.25) is 5.91 Å². The zero-order valence-corrected chi connectivity index (χ0v) is 7.70. The minimum atomic E-state index is -1.26. The van der Waals surface area contributed by atoms with Crippen molar-refractivity contribution in [3.05, 3.63) is 34.9 Å². The first kappa shape index (κ1) is 10.5. The molecule has 6 heteroatoms. The Labute approximate surface area is 83.7 Å². The summed E-state index contributed by atoms with van der Waals surface area (Å²) in [5.74, 6) is -3.29. The predicted octanol–water partition coefficient (Wildman–Crippen LogP) is 0.698. The van der Waals surface area contributed by atoms with E-state index >= 15 is 0 Å². The lowest BCUT2D eigenvalue weighted by atomic mass is 10.1. The Kier molecular flexibility index (Phi) is 2.76. The van der Waals surface area contributed by atoms with Crippen molar-refractivity contribution in [2.24, 2.45) is 11.5 Å². The van der Waals surface area contributed by atoms with Gasteiger partial charge in [-0.15, -0.1) is 0 Å². The molecule has 1 amide bonds. The molecule has 0 aliphatic rings. The van der Waals surface area contributed by atoms with Crippen LogP contribution in [0.15, 0.2) is 12.1 Å². The van der Waals surface area contributed by atoms with Gasteiger partial charge in [0.15, 0.2) is 11.6 Å². The van der Waals surface area contributed by atoms with Crippen LogP contribution in [0.2, 0.25) is 0 Å². The zero-order chi connectivity index (χ0) is 10.9. The molecule has 0 bridgehead atoms. The third kappa shape index (κ3) is 1.69. The van der Waals surface area contributed by atoms with Gasteiger partial charge in [0.1, 0.15) is 4.99 Å². The number of primary amides is 1. The molecule has 3 nitrogen and oxygen atoms in total. The average molecular weight is 216 g/mol. The fourth-order valence-electron chi connectivity index (χ4n) is 0.997. The summed E-state index contributed by atoms with van der Waals surface area (Å²) in [6.45, 7) is 0. The monoisotopic (exact) mass is 216 g/mol. The third-order valence-electron chi connectivity index (χ3n) is 1.61. The minimum absolute atomic E-state index is 0.226. The molecule has 0 unspecified atom stereocenters. The number of halogens is 2. The Hall–Kier alpha value is -1.56. The lowest BCUT2D eigenvalue weighted by molar-refractivity contribution is 0.0999. The smallest absolute Gasteiger partial charge is 0.249 e. The van der Waals surface area contributed by atoms with Crippen LogP contribution in [0.4, 0.5) is 8.78 Å². The number of nitrogens with two attached hydrogens (primary N) is 2. The summed E-state index contributed by atoms with van der Waals surface area (Å²) in [5.41, 5.74) is 9.39. The number of thiocarbonyl (C=S) groups is 1. The summed E-state index contributed by atoms with van der Waals surface area (Å²) >= 11 is 4.48. The molecule has 0 aliphatic heterocycles. The standard InChI is InChI=1S/C8H6F2N2OS/c9-4-2-1-3(7(11)13)5(6(4)10)8(12)14/h1-2H,(H2,11,13)(H2,12,14). The largest absolute Gasteiger partial charge is 0.389 e. The molecule has 0 spiro atoms. The molecule has 0 atom stereocenters. The first-order chi connectivity index (χ1) is 6.45. The van der Waals surface area contributed by atoms with Crippen molar-refractivity contribution in [3.8, 4) is 0 Å². The Bertz CT molecular complexity index is 420. The number of carbonyl (C=O) groups excluding carboxylic acids is 1. The van der Waals surface area contributed by atoms with Crippen LogP contribution >= 0.6 is 12.2 Å². The number of rotatable bonds is 2. The van der Waals surface area contributed by atoms with Crippen LogP contribution < -0.4 is 11.5 Å². The highest BCUT2D eigenvalue weighted by Crippen LogP contribution is 2.16. The van der Waals surface area contributed by atoms with Gasteiger partial charge < -0.3 is 11.5 Å². The highest BCUT2D eigenvalue weighted by Gasteiger charge is 2.18. The van der Waals surface area contributed by atoms with Crippen LogP contribution in [0.1, 0.15) is 15.9 Å². The molecule has 0 radical (unpaired) electrons. The number of hydrogen-bond acceptors (Lipinski definition) is 2. The van der Waals surface area contributed by atoms with Gasteiger partial charge in [0.05, 0.1) is 11.1 Å². The highest BCUT2D eigenvalue weighted by molar-refractivity contribution is 7.80. The van der Waals surface area contributed by atoms with Crippen LogP contribution in [0, 0.1) is 11.6 Å². The number of benzene rings is 1. The maximum Gasteiger partial charge on any atom is 0.249 e. The highest BCUT2D eigenvalue weighted by atomic mass is 32.1. The zero-order valence-electron chi connectivity index (χ0n) is 6.88. The van der Waals surface area contributed by atoms with Gasteiger partial charge in [0, 0.05) is 0 Å². The fourth-order valence-corrected chi connectivity index (χ4v) is 1.20. The van der Waals surface area contributed by atoms with Gasteiger partial charge in [-0.1, -0.05) is 12.2 Å². The molecule has 0 saturated heterocycles. The van der Waals surface area contributed by atoms with E-state index in [-0.39, 0.29) is 5.56 Å². The van der Waals surface area contributed by atoms with Gasteiger partial charge in [-0.05, 0) is 12.1 Å². The number of hydrogen-bond donors (Lipinski definition) is 2. The Balaban J connectivity index is 3.53. The summed E-state index contributed by atoms with van der Waals surface area (Å²) in [7, 11) is 0. The quantitative estimate of drug-likeness (QED) is 0.715. The van der Waals surface area contributed by atoms with Crippen molar-refractivity contribution in [1.29, 1.82) is 0 Å². The summed E-state index contributed by atoms with van der Waals surface area (Å²) in [5, 5.41) is 0. The second-order valence-corrected chi connectivity index (χ2v) is 2.95. The van der Waals surface area contributed by atoms with Crippen LogP contribution in [0.25, 0.3) is 0 Å². The van der Waals surface area contributed by atoms with Crippen LogP contribution in [0.3, 0.4) is 0 Å². The van der Waals surface area contributed by atoms with E-state index in [1.807, 2.05) is 0 Å². The lowest BCUT2D eigenvalue weighted by Crippen LogP contribution is -2.22. The van der Waals surface area contributed by atoms with Crippen LogP contribution in [-0.4, -0.2) is 10.9 Å². The molecule has 1 aromatic rings. The molecule has 74 valence electrons. The molecule has 0 fully saturated rings. The summed E-state index contributed by atoms with van der Waals surface area (Å²) < 4.78 is 25.9. The van der Waals surface area contributed by atoms with E-state index < -0.39 is 28.1 Å². The molecule has 1 aromatic carbocycles. The van der Waals surface area contributed by atoms with Crippen molar-refractivity contribution < 1.29 is 13.6 Å². The molecule has 4 N–H and O–H groups in total. The van der Waals surface area contributed by atoms with Gasteiger partial charge in [0.25, 0.3) is 0 Å². The van der Waals surface area contributed by atoms with E-state index in [0.717, 1.165) is 12.1 Å². The molecular weight excluding hydrogens is 210 g/mol.